The fourth-order valence-electron chi connectivity index (χ4n) is 2.34. The van der Waals surface area contributed by atoms with Gasteiger partial charge in [0.15, 0.2) is 16.6 Å². The fraction of sp³-hybridized carbons (Fsp3) is 0.385. The number of halogens is 2. The number of fused-ring (bicyclic) bond motifs is 1. The first-order valence-corrected chi connectivity index (χ1v) is 7.09. The summed E-state index contributed by atoms with van der Waals surface area (Å²) in [5.41, 5.74) is 0.451. The monoisotopic (exact) mass is 315 g/mol. The zero-order chi connectivity index (χ0) is 15.2. The molecule has 5 nitrogen and oxygen atoms in total. The minimum absolute atomic E-state index is 0.0556. The van der Waals surface area contributed by atoms with Crippen LogP contribution < -0.4 is 14.4 Å². The molecule has 2 aliphatic rings. The number of alkyl halides is 2. The minimum atomic E-state index is -3.68. The van der Waals surface area contributed by atoms with Gasteiger partial charge in [-0.2, -0.15) is 0 Å². The van der Waals surface area contributed by atoms with Crippen LogP contribution in [-0.2, 0) is 9.59 Å². The standard InChI is InChI=1S/C13H11F2NO4S/c1-7(17)21-9-5-12(18)16(6-9)8-2-3-10-11(4-8)20-13(14,15)19-10/h2-4,9H,5-6H2,1H3. The predicted molar refractivity (Wildman–Crippen MR) is 71.7 cm³/mol. The number of benzene rings is 1. The number of ether oxygens (including phenoxy) is 2. The van der Waals surface area contributed by atoms with E-state index in [1.807, 2.05) is 0 Å². The zero-order valence-electron chi connectivity index (χ0n) is 11.0. The predicted octanol–water partition coefficient (Wildman–Crippen LogP) is 2.39. The Morgan fingerprint density at radius 1 is 1.38 bits per heavy atom. The average Bonchev–Trinajstić information content (AvgIpc) is 2.85. The quantitative estimate of drug-likeness (QED) is 0.839. The van der Waals surface area contributed by atoms with E-state index in [-0.39, 0.29) is 34.2 Å². The van der Waals surface area contributed by atoms with Gasteiger partial charge >= 0.3 is 6.29 Å². The summed E-state index contributed by atoms with van der Waals surface area (Å²) in [4.78, 5) is 24.5. The molecular formula is C13H11F2NO4S. The summed E-state index contributed by atoms with van der Waals surface area (Å²) in [6.45, 7) is 1.81. The van der Waals surface area contributed by atoms with Crippen LogP contribution in [0.25, 0.3) is 0 Å². The second-order valence-corrected chi connectivity index (χ2v) is 6.22. The van der Waals surface area contributed by atoms with Gasteiger partial charge < -0.3 is 14.4 Å². The smallest absolute Gasteiger partial charge is 0.395 e. The number of rotatable bonds is 2. The molecule has 8 heteroatoms. The van der Waals surface area contributed by atoms with Crippen LogP contribution in [0, 0.1) is 0 Å². The van der Waals surface area contributed by atoms with Gasteiger partial charge in [-0.1, -0.05) is 11.8 Å². The normalized spacial score (nSPS) is 22.7. The molecule has 1 saturated heterocycles. The van der Waals surface area contributed by atoms with E-state index in [1.165, 1.54) is 30.0 Å². The minimum Gasteiger partial charge on any atom is -0.395 e. The molecule has 0 spiro atoms. The first kappa shape index (κ1) is 14.1. The molecule has 0 N–H and O–H groups in total. The molecule has 2 heterocycles. The summed E-state index contributed by atoms with van der Waals surface area (Å²) in [7, 11) is 0. The van der Waals surface area contributed by atoms with E-state index in [9.17, 15) is 18.4 Å². The second kappa shape index (κ2) is 4.87. The van der Waals surface area contributed by atoms with Gasteiger partial charge in [0.2, 0.25) is 5.91 Å². The SMILES string of the molecule is CC(=O)SC1CC(=O)N(c2ccc3c(c2)OC(F)(F)O3)C1. The Morgan fingerprint density at radius 2 is 2.10 bits per heavy atom. The van der Waals surface area contributed by atoms with Gasteiger partial charge in [0.05, 0.1) is 0 Å². The topological polar surface area (TPSA) is 55.8 Å². The zero-order valence-corrected chi connectivity index (χ0v) is 11.8. The van der Waals surface area contributed by atoms with E-state index >= 15 is 0 Å². The Kier molecular flexibility index (Phi) is 3.27. The molecule has 0 bridgehead atoms. The van der Waals surface area contributed by atoms with Gasteiger partial charge in [0.25, 0.3) is 0 Å². The molecule has 1 atom stereocenters. The van der Waals surface area contributed by atoms with Crippen molar-refractivity contribution in [2.24, 2.45) is 0 Å². The van der Waals surface area contributed by atoms with Gasteiger partial charge in [0, 0.05) is 36.9 Å². The van der Waals surface area contributed by atoms with Gasteiger partial charge in [0.1, 0.15) is 0 Å². The highest BCUT2D eigenvalue weighted by atomic mass is 32.2. The number of hydrogen-bond donors (Lipinski definition) is 0. The van der Waals surface area contributed by atoms with E-state index in [1.54, 1.807) is 0 Å². The third-order valence-corrected chi connectivity index (χ3v) is 4.10. The lowest BCUT2D eigenvalue weighted by Crippen LogP contribution is -2.26. The van der Waals surface area contributed by atoms with Gasteiger partial charge in [-0.3, -0.25) is 9.59 Å². The molecule has 1 amide bonds. The van der Waals surface area contributed by atoms with Crippen molar-refractivity contribution in [2.45, 2.75) is 24.9 Å². The first-order chi connectivity index (χ1) is 9.84. The number of amides is 1. The second-order valence-electron chi connectivity index (χ2n) is 4.74. The maximum absolute atomic E-state index is 13.0. The number of carbonyl (C=O) groups is 2. The van der Waals surface area contributed by atoms with Crippen LogP contribution in [0.5, 0.6) is 11.5 Å². The molecule has 3 rings (SSSR count). The average molecular weight is 315 g/mol. The third-order valence-electron chi connectivity index (χ3n) is 3.12. The van der Waals surface area contributed by atoms with E-state index in [4.69, 9.17) is 0 Å². The molecule has 0 saturated carbocycles. The molecule has 2 aliphatic heterocycles. The fourth-order valence-corrected chi connectivity index (χ4v) is 3.26. The highest BCUT2D eigenvalue weighted by Crippen LogP contribution is 2.43. The van der Waals surface area contributed by atoms with Crippen molar-refractivity contribution in [1.82, 2.24) is 0 Å². The van der Waals surface area contributed by atoms with Crippen molar-refractivity contribution in [2.75, 3.05) is 11.4 Å². The number of thioether (sulfide) groups is 1. The van der Waals surface area contributed by atoms with Crippen LogP contribution in [0.4, 0.5) is 14.5 Å². The maximum Gasteiger partial charge on any atom is 0.586 e. The summed E-state index contributed by atoms with van der Waals surface area (Å²) in [6, 6.07) is 4.20. The molecule has 1 aromatic rings. The third kappa shape index (κ3) is 2.80. The molecule has 0 radical (unpaired) electrons. The van der Waals surface area contributed by atoms with Crippen LogP contribution in [-0.4, -0.2) is 29.1 Å². The van der Waals surface area contributed by atoms with Gasteiger partial charge in [-0.15, -0.1) is 8.78 Å². The lowest BCUT2D eigenvalue weighted by Gasteiger charge is -2.16. The van der Waals surface area contributed by atoms with Gasteiger partial charge in [-0.05, 0) is 12.1 Å². The summed E-state index contributed by atoms with van der Waals surface area (Å²) in [5, 5.41) is -0.179. The molecule has 0 aromatic heterocycles. The van der Waals surface area contributed by atoms with Crippen molar-refractivity contribution >= 4 is 28.5 Å². The van der Waals surface area contributed by atoms with Gasteiger partial charge in [-0.25, -0.2) is 0 Å². The Balaban J connectivity index is 1.80. The van der Waals surface area contributed by atoms with E-state index in [0.29, 0.717) is 12.2 Å². The van der Waals surface area contributed by atoms with Crippen LogP contribution in [0.2, 0.25) is 0 Å². The Hall–Kier alpha value is -1.83. The van der Waals surface area contributed by atoms with Crippen LogP contribution in [0.3, 0.4) is 0 Å². The highest BCUT2D eigenvalue weighted by molar-refractivity contribution is 8.14. The van der Waals surface area contributed by atoms with Crippen LogP contribution >= 0.6 is 11.8 Å². The maximum atomic E-state index is 13.0. The number of nitrogens with zero attached hydrogens (tertiary/aromatic N) is 1. The molecule has 21 heavy (non-hydrogen) atoms. The van der Waals surface area contributed by atoms with E-state index in [0.717, 1.165) is 11.8 Å². The number of carbonyl (C=O) groups excluding carboxylic acids is 2. The highest BCUT2D eigenvalue weighted by Gasteiger charge is 2.44. The van der Waals surface area contributed by atoms with E-state index < -0.39 is 6.29 Å². The summed E-state index contributed by atoms with van der Waals surface area (Å²) in [5.74, 6) is -0.322. The number of anilines is 1. The summed E-state index contributed by atoms with van der Waals surface area (Å²) >= 11 is 1.11. The molecule has 112 valence electrons. The largest absolute Gasteiger partial charge is 0.586 e. The lowest BCUT2D eigenvalue weighted by molar-refractivity contribution is -0.286. The Labute approximate surface area is 123 Å². The summed E-state index contributed by atoms with van der Waals surface area (Å²) < 4.78 is 34.6. The van der Waals surface area contributed by atoms with Crippen LogP contribution in [0.15, 0.2) is 18.2 Å². The van der Waals surface area contributed by atoms with Crippen molar-refractivity contribution in [3.8, 4) is 11.5 Å². The molecule has 1 aromatic carbocycles. The number of hydrogen-bond acceptors (Lipinski definition) is 5. The Bertz CT molecular complexity index is 622. The molecule has 1 fully saturated rings. The molecular weight excluding hydrogens is 304 g/mol. The van der Waals surface area contributed by atoms with Crippen LogP contribution in [0.1, 0.15) is 13.3 Å². The summed E-state index contributed by atoms with van der Waals surface area (Å²) in [6.07, 6.45) is -3.43. The molecule has 1 unspecified atom stereocenters. The van der Waals surface area contributed by atoms with E-state index in [2.05, 4.69) is 9.47 Å². The lowest BCUT2D eigenvalue weighted by atomic mass is 10.2. The molecule has 0 aliphatic carbocycles. The van der Waals surface area contributed by atoms with Crippen molar-refractivity contribution in [3.05, 3.63) is 18.2 Å². The van der Waals surface area contributed by atoms with Crippen molar-refractivity contribution in [3.63, 3.8) is 0 Å². The Morgan fingerprint density at radius 3 is 2.81 bits per heavy atom. The first-order valence-electron chi connectivity index (χ1n) is 6.21. The van der Waals surface area contributed by atoms with Crippen molar-refractivity contribution in [1.29, 1.82) is 0 Å². The van der Waals surface area contributed by atoms with Crippen molar-refractivity contribution < 1.29 is 27.8 Å².